The van der Waals surface area contributed by atoms with E-state index in [2.05, 4.69) is 21.2 Å². The van der Waals surface area contributed by atoms with E-state index in [4.69, 9.17) is 4.42 Å². The van der Waals surface area contributed by atoms with Gasteiger partial charge in [0.15, 0.2) is 0 Å². The highest BCUT2D eigenvalue weighted by Crippen LogP contribution is 2.27. The van der Waals surface area contributed by atoms with Crippen LogP contribution in [0.25, 0.3) is 11.3 Å². The Morgan fingerprint density at radius 1 is 1.26 bits per heavy atom. The highest BCUT2D eigenvalue weighted by molar-refractivity contribution is 9.10. The highest BCUT2D eigenvalue weighted by atomic mass is 79.9. The second-order valence-corrected chi connectivity index (χ2v) is 6.55. The lowest BCUT2D eigenvalue weighted by atomic mass is 10.2. The minimum Gasteiger partial charge on any atom is -0.458 e. The van der Waals surface area contributed by atoms with Crippen molar-refractivity contribution in [3.05, 3.63) is 69.0 Å². The van der Waals surface area contributed by atoms with Crippen LogP contribution in [0.4, 0.5) is 0 Å². The first kappa shape index (κ1) is 16.0. The van der Waals surface area contributed by atoms with E-state index >= 15 is 0 Å². The molecular formula is C17H14BrNO3S. The average molecular weight is 392 g/mol. The Hall–Kier alpha value is -1.89. The van der Waals surface area contributed by atoms with E-state index in [1.807, 2.05) is 29.0 Å². The van der Waals surface area contributed by atoms with Gasteiger partial charge in [0.1, 0.15) is 17.6 Å². The van der Waals surface area contributed by atoms with Crippen LogP contribution in [0.1, 0.15) is 22.2 Å². The molecule has 0 saturated carbocycles. The lowest BCUT2D eigenvalue weighted by molar-refractivity contribution is 0.0901. The van der Waals surface area contributed by atoms with E-state index < -0.39 is 6.10 Å². The van der Waals surface area contributed by atoms with Crippen LogP contribution in [0.5, 0.6) is 0 Å². The largest absolute Gasteiger partial charge is 0.458 e. The molecule has 4 nitrogen and oxygen atoms in total. The second kappa shape index (κ2) is 7.12. The Kier molecular flexibility index (Phi) is 4.95. The maximum Gasteiger partial charge on any atom is 0.252 e. The Morgan fingerprint density at radius 2 is 2.09 bits per heavy atom. The first-order chi connectivity index (χ1) is 11.1. The third-order valence-corrected chi connectivity index (χ3v) is 4.71. The standard InChI is InChI=1S/C17H14BrNO3S/c18-13-4-2-1-3-12(13)17(21)19-9-14(20)16-6-5-15(22-16)11-7-8-23-10-11/h1-8,10,14,20H,9H2,(H,19,21)/t14-/m1/s1. The third kappa shape index (κ3) is 3.72. The summed E-state index contributed by atoms with van der Waals surface area (Å²) in [6, 6.07) is 12.6. The predicted molar refractivity (Wildman–Crippen MR) is 93.5 cm³/mol. The number of nitrogens with one attached hydrogen (secondary N) is 1. The van der Waals surface area contributed by atoms with Gasteiger partial charge in [0.25, 0.3) is 5.91 Å². The summed E-state index contributed by atoms with van der Waals surface area (Å²) in [5.74, 6) is 0.886. The molecule has 0 aliphatic carbocycles. The molecular weight excluding hydrogens is 378 g/mol. The number of amides is 1. The van der Waals surface area contributed by atoms with Gasteiger partial charge in [-0.1, -0.05) is 12.1 Å². The van der Waals surface area contributed by atoms with E-state index in [0.29, 0.717) is 21.6 Å². The average Bonchev–Trinajstić information content (AvgIpc) is 3.23. The minimum atomic E-state index is -0.895. The van der Waals surface area contributed by atoms with Crippen molar-refractivity contribution in [2.24, 2.45) is 0 Å². The van der Waals surface area contributed by atoms with Crippen molar-refractivity contribution < 1.29 is 14.3 Å². The number of thiophene rings is 1. The number of carbonyl (C=O) groups is 1. The number of hydrogen-bond donors (Lipinski definition) is 2. The van der Waals surface area contributed by atoms with Crippen molar-refractivity contribution in [2.45, 2.75) is 6.10 Å². The third-order valence-electron chi connectivity index (χ3n) is 3.34. The van der Waals surface area contributed by atoms with Crippen molar-refractivity contribution in [3.8, 4) is 11.3 Å². The fourth-order valence-corrected chi connectivity index (χ4v) is 3.23. The maximum atomic E-state index is 12.1. The van der Waals surface area contributed by atoms with Crippen LogP contribution in [-0.2, 0) is 0 Å². The van der Waals surface area contributed by atoms with E-state index in [1.54, 1.807) is 35.6 Å². The predicted octanol–water partition coefficient (Wildman–Crippen LogP) is 4.23. The SMILES string of the molecule is O=C(NC[C@@H](O)c1ccc(-c2ccsc2)o1)c1ccccc1Br. The Bertz CT molecular complexity index is 798. The van der Waals surface area contributed by atoms with Gasteiger partial charge in [0.2, 0.25) is 0 Å². The van der Waals surface area contributed by atoms with Gasteiger partial charge in [0.05, 0.1) is 12.1 Å². The van der Waals surface area contributed by atoms with Crippen molar-refractivity contribution in [3.63, 3.8) is 0 Å². The van der Waals surface area contributed by atoms with Crippen molar-refractivity contribution in [1.29, 1.82) is 0 Å². The van der Waals surface area contributed by atoms with E-state index in [1.165, 1.54) is 0 Å². The molecule has 2 N–H and O–H groups in total. The smallest absolute Gasteiger partial charge is 0.252 e. The van der Waals surface area contributed by atoms with Gasteiger partial charge in [-0.3, -0.25) is 4.79 Å². The molecule has 0 aliphatic heterocycles. The van der Waals surface area contributed by atoms with Crippen LogP contribution in [0.2, 0.25) is 0 Å². The molecule has 6 heteroatoms. The summed E-state index contributed by atoms with van der Waals surface area (Å²) in [5, 5.41) is 16.8. The molecule has 1 atom stereocenters. The molecule has 0 aliphatic rings. The van der Waals surface area contributed by atoms with E-state index in [9.17, 15) is 9.90 Å². The fraction of sp³-hybridized carbons (Fsp3) is 0.118. The molecule has 2 heterocycles. The fourth-order valence-electron chi connectivity index (χ4n) is 2.12. The van der Waals surface area contributed by atoms with Gasteiger partial charge in [-0.2, -0.15) is 11.3 Å². The van der Waals surface area contributed by atoms with Gasteiger partial charge in [-0.25, -0.2) is 0 Å². The molecule has 1 amide bonds. The molecule has 0 bridgehead atoms. The van der Waals surface area contributed by atoms with Crippen molar-refractivity contribution in [1.82, 2.24) is 5.32 Å². The van der Waals surface area contributed by atoms with Crippen LogP contribution >= 0.6 is 27.3 Å². The zero-order chi connectivity index (χ0) is 16.2. The molecule has 0 saturated heterocycles. The van der Waals surface area contributed by atoms with Gasteiger partial charge >= 0.3 is 0 Å². The summed E-state index contributed by atoms with van der Waals surface area (Å²) in [6.07, 6.45) is -0.895. The first-order valence-corrected chi connectivity index (χ1v) is 8.72. The molecule has 0 unspecified atom stereocenters. The Morgan fingerprint density at radius 3 is 2.83 bits per heavy atom. The van der Waals surface area contributed by atoms with Crippen molar-refractivity contribution in [2.75, 3.05) is 6.54 Å². The summed E-state index contributed by atoms with van der Waals surface area (Å²) >= 11 is 4.91. The molecule has 118 valence electrons. The first-order valence-electron chi connectivity index (χ1n) is 6.98. The number of carbonyl (C=O) groups excluding carboxylic acids is 1. The van der Waals surface area contributed by atoms with E-state index in [0.717, 1.165) is 5.56 Å². The summed E-state index contributed by atoms with van der Waals surface area (Å²) in [4.78, 5) is 12.1. The molecule has 0 fully saturated rings. The number of furan rings is 1. The number of aliphatic hydroxyl groups is 1. The second-order valence-electron chi connectivity index (χ2n) is 4.92. The number of benzene rings is 1. The van der Waals surface area contributed by atoms with Gasteiger partial charge < -0.3 is 14.8 Å². The van der Waals surface area contributed by atoms with Crippen LogP contribution in [-0.4, -0.2) is 17.6 Å². The summed E-state index contributed by atoms with van der Waals surface area (Å²) in [5.41, 5.74) is 1.50. The number of aliphatic hydroxyl groups excluding tert-OH is 1. The van der Waals surface area contributed by atoms with Gasteiger partial charge in [-0.15, -0.1) is 0 Å². The van der Waals surface area contributed by atoms with E-state index in [-0.39, 0.29) is 12.5 Å². The number of rotatable bonds is 5. The van der Waals surface area contributed by atoms with Crippen LogP contribution < -0.4 is 5.32 Å². The molecule has 0 spiro atoms. The van der Waals surface area contributed by atoms with Gasteiger partial charge in [0, 0.05) is 15.4 Å². The Labute approximate surface area is 145 Å². The van der Waals surface area contributed by atoms with Gasteiger partial charge in [-0.05, 0) is 51.6 Å². The minimum absolute atomic E-state index is 0.0801. The van der Waals surface area contributed by atoms with Crippen LogP contribution in [0.15, 0.2) is 62.1 Å². The number of halogens is 1. The zero-order valence-corrected chi connectivity index (χ0v) is 14.4. The normalized spacial score (nSPS) is 12.1. The van der Waals surface area contributed by atoms with Crippen LogP contribution in [0, 0.1) is 0 Å². The topological polar surface area (TPSA) is 62.5 Å². The monoisotopic (exact) mass is 391 g/mol. The molecule has 3 aromatic rings. The molecule has 23 heavy (non-hydrogen) atoms. The quantitative estimate of drug-likeness (QED) is 0.683. The zero-order valence-electron chi connectivity index (χ0n) is 12.0. The summed E-state index contributed by atoms with van der Waals surface area (Å²) < 4.78 is 6.36. The van der Waals surface area contributed by atoms with Crippen LogP contribution in [0.3, 0.4) is 0 Å². The highest BCUT2D eigenvalue weighted by Gasteiger charge is 2.16. The molecule has 3 rings (SSSR count). The summed E-state index contributed by atoms with van der Waals surface area (Å²) in [6.45, 7) is 0.0801. The summed E-state index contributed by atoms with van der Waals surface area (Å²) in [7, 11) is 0. The maximum absolute atomic E-state index is 12.1. The lowest BCUT2D eigenvalue weighted by Gasteiger charge is -2.10. The molecule has 0 radical (unpaired) electrons. The van der Waals surface area contributed by atoms with Crippen molar-refractivity contribution >= 4 is 33.2 Å². The number of hydrogen-bond acceptors (Lipinski definition) is 4. The Balaban J connectivity index is 1.62. The molecule has 1 aromatic carbocycles. The molecule has 2 aromatic heterocycles. The lowest BCUT2D eigenvalue weighted by Crippen LogP contribution is -2.28.